The fourth-order valence-electron chi connectivity index (χ4n) is 1.98. The van der Waals surface area contributed by atoms with Gasteiger partial charge in [0.25, 0.3) is 0 Å². The Balaban J connectivity index is 2.26. The Morgan fingerprint density at radius 1 is 1.57 bits per heavy atom. The van der Waals surface area contributed by atoms with Crippen LogP contribution in [0.1, 0.15) is 24.1 Å². The third-order valence-corrected chi connectivity index (χ3v) is 2.77. The highest BCUT2D eigenvalue weighted by atomic mass is 16.4. The van der Waals surface area contributed by atoms with E-state index in [1.54, 1.807) is 6.20 Å². The Labute approximate surface area is 82.8 Å². The summed E-state index contributed by atoms with van der Waals surface area (Å²) in [6.45, 7) is 0. The van der Waals surface area contributed by atoms with Gasteiger partial charge in [0.05, 0.1) is 5.92 Å². The Hall–Kier alpha value is -1.38. The summed E-state index contributed by atoms with van der Waals surface area (Å²) in [5.74, 6) is -0.901. The van der Waals surface area contributed by atoms with Crippen molar-refractivity contribution in [2.45, 2.75) is 25.7 Å². The lowest BCUT2D eigenvalue weighted by Gasteiger charge is -2.08. The minimum atomic E-state index is -0.679. The number of aromatic nitrogens is 1. The molecule has 0 saturated heterocycles. The molecule has 1 heterocycles. The number of carboxylic acids is 1. The molecule has 0 radical (unpaired) electrons. The first-order valence-corrected chi connectivity index (χ1v) is 4.93. The maximum Gasteiger partial charge on any atom is 0.306 e. The zero-order valence-corrected chi connectivity index (χ0v) is 7.94. The highest BCUT2D eigenvalue weighted by Gasteiger charge is 2.22. The summed E-state index contributed by atoms with van der Waals surface area (Å²) in [5.41, 5.74) is 2.19. The van der Waals surface area contributed by atoms with Gasteiger partial charge in [0.2, 0.25) is 0 Å². The van der Waals surface area contributed by atoms with Crippen LogP contribution in [0.4, 0.5) is 0 Å². The van der Waals surface area contributed by atoms with Gasteiger partial charge < -0.3 is 5.11 Å². The van der Waals surface area contributed by atoms with Crippen LogP contribution in [0, 0.1) is 5.92 Å². The Kier molecular flexibility index (Phi) is 2.48. The van der Waals surface area contributed by atoms with Gasteiger partial charge in [0.1, 0.15) is 0 Å². The highest BCUT2D eigenvalue weighted by molar-refractivity contribution is 5.70. The summed E-state index contributed by atoms with van der Waals surface area (Å²) in [6, 6.07) is 3.87. The van der Waals surface area contributed by atoms with Crippen molar-refractivity contribution in [3.05, 3.63) is 29.6 Å². The molecule has 0 saturated carbocycles. The predicted octanol–water partition coefficient (Wildman–Crippen LogP) is 1.66. The molecule has 0 aliphatic heterocycles. The van der Waals surface area contributed by atoms with Crippen LogP contribution in [0.2, 0.25) is 0 Å². The molecule has 1 atom stereocenters. The molecule has 0 fully saturated rings. The third-order valence-electron chi connectivity index (χ3n) is 2.77. The molecule has 0 bridgehead atoms. The first-order valence-electron chi connectivity index (χ1n) is 4.93. The Morgan fingerprint density at radius 2 is 2.43 bits per heavy atom. The zero-order valence-electron chi connectivity index (χ0n) is 7.94. The molecule has 1 N–H and O–H groups in total. The van der Waals surface area contributed by atoms with E-state index in [4.69, 9.17) is 5.11 Å². The third kappa shape index (κ3) is 1.76. The quantitative estimate of drug-likeness (QED) is 0.687. The van der Waals surface area contributed by atoms with E-state index in [1.165, 1.54) is 0 Å². The molecule has 0 spiro atoms. The van der Waals surface area contributed by atoms with Gasteiger partial charge in [-0.25, -0.2) is 0 Å². The molecular weight excluding hydrogens is 178 g/mol. The van der Waals surface area contributed by atoms with Gasteiger partial charge in [-0.1, -0.05) is 6.07 Å². The van der Waals surface area contributed by atoms with Crippen LogP contribution in [-0.2, 0) is 17.6 Å². The van der Waals surface area contributed by atoms with Crippen LogP contribution in [0.25, 0.3) is 0 Å². The lowest BCUT2D eigenvalue weighted by atomic mass is 9.98. The fraction of sp³-hybridized carbons (Fsp3) is 0.455. The molecule has 74 valence electrons. The summed E-state index contributed by atoms with van der Waals surface area (Å²) in [7, 11) is 0. The van der Waals surface area contributed by atoms with Gasteiger partial charge in [-0.05, 0) is 37.3 Å². The second-order valence-electron chi connectivity index (χ2n) is 3.74. The number of carbonyl (C=O) groups is 1. The van der Waals surface area contributed by atoms with E-state index in [1.807, 2.05) is 12.1 Å². The minimum absolute atomic E-state index is 0.222. The zero-order chi connectivity index (χ0) is 9.97. The van der Waals surface area contributed by atoms with E-state index in [0.717, 1.165) is 30.5 Å². The maximum atomic E-state index is 10.9. The SMILES string of the molecule is O=C(O)[C@@H]1CCCc2ncccc2C1. The molecule has 0 unspecified atom stereocenters. The van der Waals surface area contributed by atoms with Crippen molar-refractivity contribution in [1.82, 2.24) is 4.98 Å². The van der Waals surface area contributed by atoms with Gasteiger partial charge in [0, 0.05) is 11.9 Å². The number of aryl methyl sites for hydroxylation is 1. The first kappa shape index (κ1) is 9.19. The first-order chi connectivity index (χ1) is 6.77. The molecule has 1 aromatic rings. The number of fused-ring (bicyclic) bond motifs is 1. The number of aliphatic carboxylic acids is 1. The standard InChI is InChI=1S/C11H13NO2/c13-11(14)9-3-1-5-10-8(7-9)4-2-6-12-10/h2,4,6,9H,1,3,5,7H2,(H,13,14)/t9-/m1/s1. The average molecular weight is 191 g/mol. The van der Waals surface area contributed by atoms with Crippen LogP contribution in [0.3, 0.4) is 0 Å². The number of hydrogen-bond acceptors (Lipinski definition) is 2. The lowest BCUT2D eigenvalue weighted by Crippen LogP contribution is -2.15. The van der Waals surface area contributed by atoms with Crippen molar-refractivity contribution >= 4 is 5.97 Å². The van der Waals surface area contributed by atoms with Gasteiger partial charge in [-0.3, -0.25) is 9.78 Å². The number of rotatable bonds is 1. The van der Waals surface area contributed by atoms with E-state index in [9.17, 15) is 4.79 Å². The van der Waals surface area contributed by atoms with E-state index < -0.39 is 5.97 Å². The Bertz CT molecular complexity index is 349. The van der Waals surface area contributed by atoms with Crippen molar-refractivity contribution in [3.8, 4) is 0 Å². The minimum Gasteiger partial charge on any atom is -0.481 e. The molecule has 0 aromatic carbocycles. The van der Waals surface area contributed by atoms with Crippen molar-refractivity contribution in [2.24, 2.45) is 5.92 Å². The fourth-order valence-corrected chi connectivity index (χ4v) is 1.98. The maximum absolute atomic E-state index is 10.9. The molecule has 3 nitrogen and oxygen atoms in total. The van der Waals surface area contributed by atoms with Crippen molar-refractivity contribution in [1.29, 1.82) is 0 Å². The molecule has 1 aliphatic carbocycles. The smallest absolute Gasteiger partial charge is 0.306 e. The lowest BCUT2D eigenvalue weighted by molar-refractivity contribution is -0.141. The number of pyridine rings is 1. The summed E-state index contributed by atoms with van der Waals surface area (Å²) in [6.07, 6.45) is 5.03. The van der Waals surface area contributed by atoms with E-state index in [2.05, 4.69) is 4.98 Å². The summed E-state index contributed by atoms with van der Waals surface area (Å²) < 4.78 is 0. The molecule has 2 rings (SSSR count). The largest absolute Gasteiger partial charge is 0.481 e. The molecule has 1 aliphatic rings. The van der Waals surface area contributed by atoms with Crippen LogP contribution in [0.5, 0.6) is 0 Å². The summed E-state index contributed by atoms with van der Waals surface area (Å²) in [4.78, 5) is 15.2. The van der Waals surface area contributed by atoms with E-state index in [0.29, 0.717) is 6.42 Å². The van der Waals surface area contributed by atoms with Gasteiger partial charge in [-0.2, -0.15) is 0 Å². The van der Waals surface area contributed by atoms with Crippen molar-refractivity contribution in [2.75, 3.05) is 0 Å². The van der Waals surface area contributed by atoms with Gasteiger partial charge in [-0.15, -0.1) is 0 Å². The summed E-state index contributed by atoms with van der Waals surface area (Å²) in [5, 5.41) is 8.97. The molecule has 0 amide bonds. The number of nitrogens with zero attached hydrogens (tertiary/aromatic N) is 1. The second-order valence-corrected chi connectivity index (χ2v) is 3.74. The van der Waals surface area contributed by atoms with Crippen molar-refractivity contribution in [3.63, 3.8) is 0 Å². The second kappa shape index (κ2) is 3.78. The normalized spacial score (nSPS) is 21.0. The van der Waals surface area contributed by atoms with E-state index in [-0.39, 0.29) is 5.92 Å². The van der Waals surface area contributed by atoms with Crippen molar-refractivity contribution < 1.29 is 9.90 Å². The number of hydrogen-bond donors (Lipinski definition) is 1. The highest BCUT2D eigenvalue weighted by Crippen LogP contribution is 2.22. The van der Waals surface area contributed by atoms with Crippen LogP contribution < -0.4 is 0 Å². The molecule has 3 heteroatoms. The molecule has 14 heavy (non-hydrogen) atoms. The topological polar surface area (TPSA) is 50.2 Å². The van der Waals surface area contributed by atoms with Crippen LogP contribution in [0.15, 0.2) is 18.3 Å². The van der Waals surface area contributed by atoms with Gasteiger partial charge >= 0.3 is 5.97 Å². The van der Waals surface area contributed by atoms with E-state index >= 15 is 0 Å². The number of carboxylic acid groups (broad SMARTS) is 1. The van der Waals surface area contributed by atoms with Crippen LogP contribution >= 0.6 is 0 Å². The monoisotopic (exact) mass is 191 g/mol. The Morgan fingerprint density at radius 3 is 3.21 bits per heavy atom. The van der Waals surface area contributed by atoms with Gasteiger partial charge in [0.15, 0.2) is 0 Å². The average Bonchev–Trinajstić information content (AvgIpc) is 2.39. The molecular formula is C11H13NO2. The predicted molar refractivity (Wildman–Crippen MR) is 52.0 cm³/mol. The summed E-state index contributed by atoms with van der Waals surface area (Å²) >= 11 is 0. The van der Waals surface area contributed by atoms with Crippen LogP contribution in [-0.4, -0.2) is 16.1 Å². The molecule has 1 aromatic heterocycles.